The van der Waals surface area contributed by atoms with Crippen molar-refractivity contribution in [2.24, 2.45) is 0 Å². The molecule has 0 aromatic rings. The van der Waals surface area contributed by atoms with Crippen LogP contribution in [0, 0.1) is 6.92 Å². The Bertz CT molecular complexity index is 54.3. The number of hydrogen-bond acceptors (Lipinski definition) is 3. The van der Waals surface area contributed by atoms with Crippen molar-refractivity contribution in [3.63, 3.8) is 0 Å². The second-order valence-electron chi connectivity index (χ2n) is 1.74. The maximum Gasteiger partial charge on any atom is 0.153 e. The van der Waals surface area contributed by atoms with Gasteiger partial charge in [-0.3, -0.25) is 0 Å². The minimum atomic E-state index is -1.24. The molecule has 0 amide bonds. The predicted molar refractivity (Wildman–Crippen MR) is 33.6 cm³/mol. The number of rotatable bonds is 5. The molecule has 0 saturated heterocycles. The topological polar surface area (TPSA) is 49.7 Å². The normalized spacial score (nSPS) is 10.7. The van der Waals surface area contributed by atoms with E-state index in [1.807, 2.05) is 0 Å². The van der Waals surface area contributed by atoms with Gasteiger partial charge in [0.2, 0.25) is 0 Å². The van der Waals surface area contributed by atoms with Crippen LogP contribution in [0.3, 0.4) is 0 Å². The zero-order valence-corrected chi connectivity index (χ0v) is 5.42. The van der Waals surface area contributed by atoms with E-state index >= 15 is 0 Å². The van der Waals surface area contributed by atoms with Crippen LogP contribution in [-0.2, 0) is 4.74 Å². The van der Waals surface area contributed by atoms with Crippen molar-refractivity contribution in [1.82, 2.24) is 0 Å². The standard InChI is InChI=1S/C6H13O3/c1-2-4-9-5-3-6(7)8/h6-8H,1-5H2. The highest BCUT2D eigenvalue weighted by Crippen LogP contribution is 1.87. The molecule has 0 aliphatic rings. The lowest BCUT2D eigenvalue weighted by atomic mass is 10.4. The maximum absolute atomic E-state index is 8.31. The molecule has 0 aromatic carbocycles. The minimum Gasteiger partial charge on any atom is -0.381 e. The van der Waals surface area contributed by atoms with Crippen molar-refractivity contribution in [3.05, 3.63) is 6.92 Å². The number of hydrogen-bond donors (Lipinski definition) is 2. The van der Waals surface area contributed by atoms with Gasteiger partial charge in [-0.25, -0.2) is 0 Å². The molecule has 0 aliphatic carbocycles. The highest BCUT2D eigenvalue weighted by molar-refractivity contribution is 4.39. The van der Waals surface area contributed by atoms with Crippen molar-refractivity contribution in [3.8, 4) is 0 Å². The van der Waals surface area contributed by atoms with Gasteiger partial charge in [0.1, 0.15) is 0 Å². The Kier molecular flexibility index (Phi) is 5.93. The molecule has 3 nitrogen and oxygen atoms in total. The third-order valence-electron chi connectivity index (χ3n) is 0.809. The fourth-order valence-corrected chi connectivity index (χ4v) is 0.393. The summed E-state index contributed by atoms with van der Waals surface area (Å²) in [5.41, 5.74) is 0. The van der Waals surface area contributed by atoms with Crippen LogP contribution in [0.4, 0.5) is 0 Å². The first-order valence-corrected chi connectivity index (χ1v) is 3.00. The first kappa shape index (κ1) is 8.88. The summed E-state index contributed by atoms with van der Waals surface area (Å²) in [7, 11) is 0. The summed E-state index contributed by atoms with van der Waals surface area (Å²) < 4.78 is 4.91. The Hall–Kier alpha value is -0.120. The van der Waals surface area contributed by atoms with Crippen molar-refractivity contribution < 1.29 is 14.9 Å². The number of ether oxygens (including phenoxy) is 1. The van der Waals surface area contributed by atoms with Gasteiger partial charge in [0.05, 0.1) is 6.61 Å². The molecule has 0 bridgehead atoms. The van der Waals surface area contributed by atoms with Crippen LogP contribution in [-0.4, -0.2) is 29.7 Å². The predicted octanol–water partition coefficient (Wildman–Crippen LogP) is -0.0720. The smallest absolute Gasteiger partial charge is 0.153 e. The molecule has 0 aliphatic heterocycles. The first-order chi connectivity index (χ1) is 4.27. The van der Waals surface area contributed by atoms with E-state index in [9.17, 15) is 0 Å². The zero-order valence-electron chi connectivity index (χ0n) is 5.42. The molecule has 0 saturated carbocycles. The quantitative estimate of drug-likeness (QED) is 0.407. The van der Waals surface area contributed by atoms with Gasteiger partial charge in [-0.05, 0) is 6.42 Å². The van der Waals surface area contributed by atoms with Crippen LogP contribution in [0.2, 0.25) is 0 Å². The van der Waals surface area contributed by atoms with E-state index in [-0.39, 0.29) is 6.42 Å². The Morgan fingerprint density at radius 3 is 2.44 bits per heavy atom. The van der Waals surface area contributed by atoms with E-state index in [1.165, 1.54) is 0 Å². The third-order valence-corrected chi connectivity index (χ3v) is 0.809. The molecule has 0 atom stereocenters. The second kappa shape index (κ2) is 6.01. The van der Waals surface area contributed by atoms with Crippen LogP contribution in [0.5, 0.6) is 0 Å². The zero-order chi connectivity index (χ0) is 7.11. The molecular formula is C6H13O3. The van der Waals surface area contributed by atoms with E-state index in [2.05, 4.69) is 6.92 Å². The molecule has 2 N–H and O–H groups in total. The van der Waals surface area contributed by atoms with E-state index in [4.69, 9.17) is 14.9 Å². The summed E-state index contributed by atoms with van der Waals surface area (Å²) in [6.45, 7) is 4.54. The fraction of sp³-hybridized carbons (Fsp3) is 0.833. The lowest BCUT2D eigenvalue weighted by molar-refractivity contribution is -0.0607. The molecule has 0 rings (SSSR count). The van der Waals surface area contributed by atoms with Gasteiger partial charge in [0.15, 0.2) is 6.29 Å². The summed E-state index contributed by atoms with van der Waals surface area (Å²) >= 11 is 0. The lowest BCUT2D eigenvalue weighted by Crippen LogP contribution is -2.08. The highest BCUT2D eigenvalue weighted by atomic mass is 16.5. The van der Waals surface area contributed by atoms with Crippen molar-refractivity contribution in [1.29, 1.82) is 0 Å². The SMILES string of the molecule is [CH2]CCOCCC(O)O. The molecule has 0 spiro atoms. The highest BCUT2D eigenvalue weighted by Gasteiger charge is 1.94. The average molecular weight is 133 g/mol. The van der Waals surface area contributed by atoms with Crippen LogP contribution in [0.15, 0.2) is 0 Å². The van der Waals surface area contributed by atoms with Gasteiger partial charge in [0.25, 0.3) is 0 Å². The van der Waals surface area contributed by atoms with Gasteiger partial charge in [-0.2, -0.15) is 0 Å². The summed E-state index contributed by atoms with van der Waals surface area (Å²) in [5, 5.41) is 16.6. The molecule has 55 valence electrons. The summed E-state index contributed by atoms with van der Waals surface area (Å²) in [4.78, 5) is 0. The van der Waals surface area contributed by atoms with Gasteiger partial charge in [0, 0.05) is 13.0 Å². The largest absolute Gasteiger partial charge is 0.381 e. The maximum atomic E-state index is 8.31. The first-order valence-electron chi connectivity index (χ1n) is 3.00. The van der Waals surface area contributed by atoms with Gasteiger partial charge in [-0.1, -0.05) is 6.92 Å². The van der Waals surface area contributed by atoms with Crippen LogP contribution >= 0.6 is 0 Å². The van der Waals surface area contributed by atoms with Gasteiger partial charge >= 0.3 is 0 Å². The number of aliphatic hydroxyl groups is 2. The van der Waals surface area contributed by atoms with Crippen LogP contribution in [0.25, 0.3) is 0 Å². The Morgan fingerprint density at radius 2 is 2.00 bits per heavy atom. The molecule has 0 heterocycles. The Morgan fingerprint density at radius 1 is 1.33 bits per heavy atom. The van der Waals surface area contributed by atoms with E-state index < -0.39 is 6.29 Å². The molecule has 0 unspecified atom stereocenters. The molecule has 3 heteroatoms. The Labute approximate surface area is 55.3 Å². The second-order valence-corrected chi connectivity index (χ2v) is 1.74. The van der Waals surface area contributed by atoms with Gasteiger partial charge in [-0.15, -0.1) is 0 Å². The summed E-state index contributed by atoms with van der Waals surface area (Å²) in [6, 6.07) is 0. The molecular weight excluding hydrogens is 120 g/mol. The monoisotopic (exact) mass is 133 g/mol. The molecule has 1 radical (unpaired) electrons. The van der Waals surface area contributed by atoms with Crippen LogP contribution in [0.1, 0.15) is 12.8 Å². The summed E-state index contributed by atoms with van der Waals surface area (Å²) in [5.74, 6) is 0. The minimum absolute atomic E-state index is 0.278. The fourth-order valence-electron chi connectivity index (χ4n) is 0.393. The van der Waals surface area contributed by atoms with Crippen LogP contribution < -0.4 is 0 Å². The molecule has 0 fully saturated rings. The van der Waals surface area contributed by atoms with Crippen molar-refractivity contribution in [2.45, 2.75) is 19.1 Å². The van der Waals surface area contributed by atoms with E-state index in [0.29, 0.717) is 13.2 Å². The Balaban J connectivity index is 2.75. The average Bonchev–Trinajstić information content (AvgIpc) is 1.80. The van der Waals surface area contributed by atoms with E-state index in [0.717, 1.165) is 6.42 Å². The number of aliphatic hydroxyl groups excluding tert-OH is 1. The van der Waals surface area contributed by atoms with Gasteiger partial charge < -0.3 is 14.9 Å². The van der Waals surface area contributed by atoms with E-state index in [1.54, 1.807) is 0 Å². The molecule has 9 heavy (non-hydrogen) atoms. The molecule has 0 aromatic heterocycles. The third kappa shape index (κ3) is 7.88. The van der Waals surface area contributed by atoms with Crippen molar-refractivity contribution >= 4 is 0 Å². The van der Waals surface area contributed by atoms with Crippen molar-refractivity contribution in [2.75, 3.05) is 13.2 Å². The summed E-state index contributed by atoms with van der Waals surface area (Å²) in [6.07, 6.45) is -0.239. The lowest BCUT2D eigenvalue weighted by Gasteiger charge is -2.02.